The highest BCUT2D eigenvalue weighted by Crippen LogP contribution is 2.21. The third-order valence-corrected chi connectivity index (χ3v) is 3.92. The highest BCUT2D eigenvalue weighted by atomic mass is 16.2. The summed E-state index contributed by atoms with van der Waals surface area (Å²) in [6, 6.07) is -1.93. The normalized spacial score (nSPS) is 28.6. The summed E-state index contributed by atoms with van der Waals surface area (Å²) in [4.78, 5) is 53.5. The highest BCUT2D eigenvalue weighted by Gasteiger charge is 2.49. The lowest BCUT2D eigenvalue weighted by Crippen LogP contribution is -2.70. The van der Waals surface area contributed by atoms with Crippen molar-refractivity contribution < 1.29 is 19.2 Å². The first-order chi connectivity index (χ1) is 9.25. The molecule has 0 bridgehead atoms. The Morgan fingerprint density at radius 3 is 1.30 bits per heavy atom. The van der Waals surface area contributed by atoms with Gasteiger partial charge in [0.1, 0.15) is 12.1 Å². The molecule has 8 heteroatoms. The van der Waals surface area contributed by atoms with E-state index in [1.165, 1.54) is 47.8 Å². The van der Waals surface area contributed by atoms with Crippen LogP contribution in [0.1, 0.15) is 0 Å². The lowest BCUT2D eigenvalue weighted by molar-refractivity contribution is -0.166. The predicted octanol–water partition coefficient (Wildman–Crippen LogP) is -2.42. The number of carbonyl (C=O) groups is 4. The topological polar surface area (TPSA) is 81.2 Å². The van der Waals surface area contributed by atoms with Crippen LogP contribution in [0.4, 0.5) is 0 Å². The smallest absolute Gasteiger partial charge is 0.248 e. The first-order valence-corrected chi connectivity index (χ1v) is 6.27. The molecule has 20 heavy (non-hydrogen) atoms. The second-order valence-electron chi connectivity index (χ2n) is 5.29. The molecule has 0 radical (unpaired) electrons. The van der Waals surface area contributed by atoms with E-state index in [0.717, 1.165) is 0 Å². The SMILES string of the molecule is CN1CC(=O)N(C)[C@H]([C@@H]2C(=O)N(C)CC(=O)N2C)C1=O. The highest BCUT2D eigenvalue weighted by molar-refractivity contribution is 6.03. The minimum absolute atomic E-state index is 0.0136. The van der Waals surface area contributed by atoms with Crippen molar-refractivity contribution in [2.75, 3.05) is 41.3 Å². The van der Waals surface area contributed by atoms with Crippen LogP contribution in [0.25, 0.3) is 0 Å². The van der Waals surface area contributed by atoms with Crippen LogP contribution in [-0.4, -0.2) is 96.6 Å². The molecule has 0 spiro atoms. The Morgan fingerprint density at radius 1 is 0.700 bits per heavy atom. The zero-order chi connectivity index (χ0) is 15.2. The number of hydrogen-bond acceptors (Lipinski definition) is 4. The molecule has 2 heterocycles. The van der Waals surface area contributed by atoms with E-state index in [2.05, 4.69) is 0 Å². The molecule has 0 aromatic rings. The lowest BCUT2D eigenvalue weighted by Gasteiger charge is -2.45. The van der Waals surface area contributed by atoms with Crippen molar-refractivity contribution in [3.8, 4) is 0 Å². The molecular weight excluding hydrogens is 264 g/mol. The summed E-state index contributed by atoms with van der Waals surface area (Å²) >= 11 is 0. The first kappa shape index (κ1) is 14.3. The molecule has 2 atom stereocenters. The molecule has 0 aliphatic carbocycles. The molecule has 2 aliphatic rings. The number of carbonyl (C=O) groups excluding carboxylic acids is 4. The summed E-state index contributed by atoms with van der Waals surface area (Å²) in [7, 11) is 5.99. The fourth-order valence-electron chi connectivity index (χ4n) is 2.57. The average molecular weight is 282 g/mol. The molecule has 4 amide bonds. The minimum Gasteiger partial charge on any atom is -0.335 e. The van der Waals surface area contributed by atoms with Crippen LogP contribution in [0.2, 0.25) is 0 Å². The third-order valence-electron chi connectivity index (χ3n) is 3.92. The minimum atomic E-state index is -0.967. The predicted molar refractivity (Wildman–Crippen MR) is 68.4 cm³/mol. The van der Waals surface area contributed by atoms with Gasteiger partial charge in [-0.05, 0) is 0 Å². The maximum atomic E-state index is 12.3. The quantitative estimate of drug-likeness (QED) is 0.536. The van der Waals surface area contributed by atoms with Crippen molar-refractivity contribution >= 4 is 23.6 Å². The van der Waals surface area contributed by atoms with Crippen molar-refractivity contribution in [3.63, 3.8) is 0 Å². The van der Waals surface area contributed by atoms with E-state index in [0.29, 0.717) is 0 Å². The van der Waals surface area contributed by atoms with Crippen molar-refractivity contribution in [1.82, 2.24) is 19.6 Å². The van der Waals surface area contributed by atoms with Gasteiger partial charge in [0, 0.05) is 28.2 Å². The Balaban J connectivity index is 2.40. The molecule has 2 rings (SSSR count). The summed E-state index contributed by atoms with van der Waals surface area (Å²) in [6.45, 7) is -0.0273. The van der Waals surface area contributed by atoms with Crippen LogP contribution in [-0.2, 0) is 19.2 Å². The summed E-state index contributed by atoms with van der Waals surface area (Å²) < 4.78 is 0. The largest absolute Gasteiger partial charge is 0.335 e. The Kier molecular flexibility index (Phi) is 3.41. The van der Waals surface area contributed by atoms with Gasteiger partial charge in [-0.1, -0.05) is 0 Å². The Hall–Kier alpha value is -2.12. The number of likely N-dealkylation sites (N-methyl/N-ethyl adjacent to an activating group) is 4. The average Bonchev–Trinajstić information content (AvgIpc) is 2.38. The third kappa shape index (κ3) is 2.00. The van der Waals surface area contributed by atoms with E-state index in [1.807, 2.05) is 0 Å². The summed E-state index contributed by atoms with van der Waals surface area (Å²) in [5, 5.41) is 0. The number of hydrogen-bond donors (Lipinski definition) is 0. The zero-order valence-corrected chi connectivity index (χ0v) is 12.0. The molecule has 0 saturated carbocycles. The van der Waals surface area contributed by atoms with Crippen LogP contribution < -0.4 is 0 Å². The van der Waals surface area contributed by atoms with E-state index in [9.17, 15) is 19.2 Å². The van der Waals surface area contributed by atoms with E-state index in [1.54, 1.807) is 0 Å². The van der Waals surface area contributed by atoms with Crippen LogP contribution in [0, 0.1) is 0 Å². The van der Waals surface area contributed by atoms with Gasteiger partial charge in [-0.15, -0.1) is 0 Å². The van der Waals surface area contributed by atoms with Gasteiger partial charge in [0.05, 0.1) is 13.1 Å². The molecular formula is C12H18N4O4. The first-order valence-electron chi connectivity index (χ1n) is 6.27. The molecule has 2 aliphatic heterocycles. The standard InChI is InChI=1S/C12H18N4O4/c1-13-5-7(17)15(3)9(11(13)19)10-12(20)14(2)6-8(18)16(10)4/h9-10H,5-6H2,1-4H3/t9-,10-/m1/s1. The molecule has 110 valence electrons. The van der Waals surface area contributed by atoms with Gasteiger partial charge in [-0.2, -0.15) is 0 Å². The molecule has 0 aromatic carbocycles. The van der Waals surface area contributed by atoms with Gasteiger partial charge in [0.25, 0.3) is 0 Å². The van der Waals surface area contributed by atoms with Crippen LogP contribution in [0.15, 0.2) is 0 Å². The number of amides is 4. The summed E-state index contributed by atoms with van der Waals surface area (Å²) in [6.07, 6.45) is 0. The molecule has 8 nitrogen and oxygen atoms in total. The maximum Gasteiger partial charge on any atom is 0.248 e. The van der Waals surface area contributed by atoms with Crippen LogP contribution in [0.5, 0.6) is 0 Å². The molecule has 2 fully saturated rings. The van der Waals surface area contributed by atoms with Crippen molar-refractivity contribution in [1.29, 1.82) is 0 Å². The number of piperazine rings is 2. The Labute approximate surface area is 116 Å². The molecule has 2 saturated heterocycles. The van der Waals surface area contributed by atoms with E-state index >= 15 is 0 Å². The molecule has 0 N–H and O–H groups in total. The fraction of sp³-hybridized carbons (Fsp3) is 0.667. The second kappa shape index (κ2) is 4.77. The van der Waals surface area contributed by atoms with Gasteiger partial charge in [0.2, 0.25) is 23.6 Å². The zero-order valence-electron chi connectivity index (χ0n) is 12.0. The molecule has 0 unspecified atom stereocenters. The Morgan fingerprint density at radius 2 is 1.00 bits per heavy atom. The van der Waals surface area contributed by atoms with Crippen LogP contribution >= 0.6 is 0 Å². The Bertz CT molecular complexity index is 448. The number of rotatable bonds is 1. The van der Waals surface area contributed by atoms with Crippen molar-refractivity contribution in [2.45, 2.75) is 12.1 Å². The van der Waals surface area contributed by atoms with E-state index in [4.69, 9.17) is 0 Å². The van der Waals surface area contributed by atoms with Crippen molar-refractivity contribution in [3.05, 3.63) is 0 Å². The second-order valence-corrected chi connectivity index (χ2v) is 5.29. The van der Waals surface area contributed by atoms with Gasteiger partial charge in [-0.25, -0.2) is 0 Å². The molecule has 0 aromatic heterocycles. The maximum absolute atomic E-state index is 12.3. The summed E-state index contributed by atoms with van der Waals surface area (Å²) in [5.74, 6) is -1.17. The van der Waals surface area contributed by atoms with Gasteiger partial charge < -0.3 is 19.6 Å². The van der Waals surface area contributed by atoms with E-state index < -0.39 is 12.1 Å². The van der Waals surface area contributed by atoms with Gasteiger partial charge >= 0.3 is 0 Å². The van der Waals surface area contributed by atoms with Gasteiger partial charge in [0.15, 0.2) is 0 Å². The van der Waals surface area contributed by atoms with E-state index in [-0.39, 0.29) is 36.7 Å². The number of nitrogens with zero attached hydrogens (tertiary/aromatic N) is 4. The van der Waals surface area contributed by atoms with Crippen LogP contribution in [0.3, 0.4) is 0 Å². The van der Waals surface area contributed by atoms with Crippen molar-refractivity contribution in [2.24, 2.45) is 0 Å². The monoisotopic (exact) mass is 282 g/mol. The summed E-state index contributed by atoms with van der Waals surface area (Å²) in [5.41, 5.74) is 0. The fourth-order valence-corrected chi connectivity index (χ4v) is 2.57. The lowest BCUT2D eigenvalue weighted by atomic mass is 9.98. The van der Waals surface area contributed by atoms with Gasteiger partial charge in [-0.3, -0.25) is 19.2 Å².